The van der Waals surface area contributed by atoms with E-state index in [0.717, 1.165) is 34.6 Å². The van der Waals surface area contributed by atoms with Crippen molar-refractivity contribution in [1.82, 2.24) is 9.97 Å². The van der Waals surface area contributed by atoms with E-state index in [-0.39, 0.29) is 0 Å². The molecular formula is C14H17BrN4. The molecule has 2 aromatic rings. The zero-order chi connectivity index (χ0) is 13.7. The standard InChI is InChI=1S/C14H17BrN4/c1-3-12-13(16-2)18-9-19-14(12)17-8-10-5-4-6-11(15)7-10/h4-7,9H,3,8H2,1-2H3,(H2,16,17,18,19). The van der Waals surface area contributed by atoms with Crippen LogP contribution in [0, 0.1) is 0 Å². The molecule has 0 fully saturated rings. The van der Waals surface area contributed by atoms with Crippen molar-refractivity contribution in [3.05, 3.63) is 46.2 Å². The second-order valence-electron chi connectivity index (χ2n) is 4.14. The minimum atomic E-state index is 0.743. The van der Waals surface area contributed by atoms with Crippen LogP contribution < -0.4 is 10.6 Å². The molecule has 1 heterocycles. The molecule has 1 aromatic heterocycles. The fourth-order valence-electron chi connectivity index (χ4n) is 1.95. The van der Waals surface area contributed by atoms with Crippen LogP contribution in [0.4, 0.5) is 11.6 Å². The van der Waals surface area contributed by atoms with Gasteiger partial charge in [-0.25, -0.2) is 9.97 Å². The summed E-state index contributed by atoms with van der Waals surface area (Å²) in [5.74, 6) is 1.77. The maximum atomic E-state index is 4.32. The number of rotatable bonds is 5. The summed E-state index contributed by atoms with van der Waals surface area (Å²) in [5.41, 5.74) is 2.32. The van der Waals surface area contributed by atoms with Gasteiger partial charge in [0.15, 0.2) is 0 Å². The van der Waals surface area contributed by atoms with Crippen LogP contribution in [0.2, 0.25) is 0 Å². The van der Waals surface area contributed by atoms with Crippen molar-refractivity contribution >= 4 is 27.6 Å². The molecule has 0 unspecified atom stereocenters. The number of halogens is 1. The smallest absolute Gasteiger partial charge is 0.134 e. The second kappa shape index (κ2) is 6.52. The Hall–Kier alpha value is -1.62. The summed E-state index contributed by atoms with van der Waals surface area (Å²) in [6, 6.07) is 8.23. The molecule has 0 bridgehead atoms. The van der Waals surface area contributed by atoms with Gasteiger partial charge in [0.1, 0.15) is 18.0 Å². The van der Waals surface area contributed by atoms with Crippen LogP contribution in [-0.2, 0) is 13.0 Å². The lowest BCUT2D eigenvalue weighted by atomic mass is 10.2. The number of hydrogen-bond donors (Lipinski definition) is 2. The zero-order valence-electron chi connectivity index (χ0n) is 11.1. The third kappa shape index (κ3) is 3.44. The van der Waals surface area contributed by atoms with Crippen LogP contribution in [0.3, 0.4) is 0 Å². The molecule has 19 heavy (non-hydrogen) atoms. The number of aromatic nitrogens is 2. The average molecular weight is 321 g/mol. The molecule has 2 rings (SSSR count). The molecule has 100 valence electrons. The molecule has 1 aromatic carbocycles. The highest BCUT2D eigenvalue weighted by Crippen LogP contribution is 2.21. The van der Waals surface area contributed by atoms with Crippen molar-refractivity contribution in [3.8, 4) is 0 Å². The van der Waals surface area contributed by atoms with E-state index in [9.17, 15) is 0 Å². The molecule has 5 heteroatoms. The Morgan fingerprint density at radius 1 is 1.21 bits per heavy atom. The van der Waals surface area contributed by atoms with Crippen LogP contribution in [0.1, 0.15) is 18.1 Å². The average Bonchev–Trinajstić information content (AvgIpc) is 2.44. The topological polar surface area (TPSA) is 49.8 Å². The zero-order valence-corrected chi connectivity index (χ0v) is 12.7. The fourth-order valence-corrected chi connectivity index (χ4v) is 2.39. The van der Waals surface area contributed by atoms with Crippen molar-refractivity contribution < 1.29 is 0 Å². The van der Waals surface area contributed by atoms with E-state index in [1.807, 2.05) is 19.2 Å². The van der Waals surface area contributed by atoms with Gasteiger partial charge in [-0.2, -0.15) is 0 Å². The van der Waals surface area contributed by atoms with Crippen molar-refractivity contribution in [2.75, 3.05) is 17.7 Å². The van der Waals surface area contributed by atoms with Crippen LogP contribution in [0.25, 0.3) is 0 Å². The summed E-state index contributed by atoms with van der Waals surface area (Å²) in [6.45, 7) is 2.84. The number of anilines is 2. The summed E-state index contributed by atoms with van der Waals surface area (Å²) in [7, 11) is 1.87. The van der Waals surface area contributed by atoms with E-state index in [2.05, 4.69) is 55.6 Å². The Labute approximate surface area is 121 Å². The molecule has 2 N–H and O–H groups in total. The van der Waals surface area contributed by atoms with Crippen LogP contribution >= 0.6 is 15.9 Å². The lowest BCUT2D eigenvalue weighted by molar-refractivity contribution is 1.01. The van der Waals surface area contributed by atoms with Crippen LogP contribution in [0.5, 0.6) is 0 Å². The molecular weight excluding hydrogens is 304 g/mol. The van der Waals surface area contributed by atoms with Gasteiger partial charge in [0.05, 0.1) is 0 Å². The van der Waals surface area contributed by atoms with Gasteiger partial charge in [-0.1, -0.05) is 35.0 Å². The van der Waals surface area contributed by atoms with E-state index in [1.54, 1.807) is 6.33 Å². The normalized spacial score (nSPS) is 10.3. The minimum absolute atomic E-state index is 0.743. The van der Waals surface area contributed by atoms with Gasteiger partial charge in [-0.15, -0.1) is 0 Å². The van der Waals surface area contributed by atoms with E-state index in [1.165, 1.54) is 5.56 Å². The van der Waals surface area contributed by atoms with Gasteiger partial charge in [0.25, 0.3) is 0 Å². The molecule has 4 nitrogen and oxygen atoms in total. The summed E-state index contributed by atoms with van der Waals surface area (Å²) >= 11 is 3.48. The predicted octanol–water partition coefficient (Wildman–Crippen LogP) is 3.46. The van der Waals surface area contributed by atoms with Crippen molar-refractivity contribution in [1.29, 1.82) is 0 Å². The minimum Gasteiger partial charge on any atom is -0.373 e. The van der Waals surface area contributed by atoms with Gasteiger partial charge in [0, 0.05) is 23.6 Å². The molecule has 0 amide bonds. The first kappa shape index (κ1) is 13.8. The molecule has 0 radical (unpaired) electrons. The lowest BCUT2D eigenvalue weighted by Gasteiger charge is -2.12. The highest BCUT2D eigenvalue weighted by molar-refractivity contribution is 9.10. The maximum absolute atomic E-state index is 4.32. The molecule has 0 spiro atoms. The highest BCUT2D eigenvalue weighted by atomic mass is 79.9. The van der Waals surface area contributed by atoms with Crippen molar-refractivity contribution in [3.63, 3.8) is 0 Å². The number of hydrogen-bond acceptors (Lipinski definition) is 4. The Kier molecular flexibility index (Phi) is 4.74. The first-order valence-electron chi connectivity index (χ1n) is 6.24. The SMILES string of the molecule is CCc1c(NC)ncnc1NCc1cccc(Br)c1. The van der Waals surface area contributed by atoms with E-state index in [0.29, 0.717) is 0 Å². The van der Waals surface area contributed by atoms with E-state index in [4.69, 9.17) is 0 Å². The Bertz CT molecular complexity index is 557. The van der Waals surface area contributed by atoms with Crippen molar-refractivity contribution in [2.24, 2.45) is 0 Å². The summed E-state index contributed by atoms with van der Waals surface area (Å²) in [6.07, 6.45) is 2.46. The molecule has 0 aliphatic carbocycles. The Balaban J connectivity index is 2.15. The molecule has 0 atom stereocenters. The summed E-state index contributed by atoms with van der Waals surface area (Å²) < 4.78 is 1.08. The second-order valence-corrected chi connectivity index (χ2v) is 5.05. The molecule has 0 saturated carbocycles. The fraction of sp³-hybridized carbons (Fsp3) is 0.286. The Morgan fingerprint density at radius 3 is 2.68 bits per heavy atom. The van der Waals surface area contributed by atoms with Gasteiger partial charge < -0.3 is 10.6 Å². The quantitative estimate of drug-likeness (QED) is 0.885. The molecule has 0 aliphatic rings. The first-order valence-corrected chi connectivity index (χ1v) is 7.03. The third-order valence-corrected chi connectivity index (χ3v) is 3.38. The maximum Gasteiger partial charge on any atom is 0.134 e. The predicted molar refractivity (Wildman–Crippen MR) is 82.4 cm³/mol. The number of nitrogens with one attached hydrogen (secondary N) is 2. The van der Waals surface area contributed by atoms with E-state index < -0.39 is 0 Å². The largest absolute Gasteiger partial charge is 0.373 e. The van der Waals surface area contributed by atoms with E-state index >= 15 is 0 Å². The summed E-state index contributed by atoms with van der Waals surface area (Å²) in [5, 5.41) is 6.47. The van der Waals surface area contributed by atoms with Crippen molar-refractivity contribution in [2.45, 2.75) is 19.9 Å². The van der Waals surface area contributed by atoms with Crippen LogP contribution in [-0.4, -0.2) is 17.0 Å². The molecule has 0 aliphatic heterocycles. The van der Waals surface area contributed by atoms with Gasteiger partial charge in [0.2, 0.25) is 0 Å². The van der Waals surface area contributed by atoms with Gasteiger partial charge >= 0.3 is 0 Å². The monoisotopic (exact) mass is 320 g/mol. The van der Waals surface area contributed by atoms with Gasteiger partial charge in [-0.3, -0.25) is 0 Å². The van der Waals surface area contributed by atoms with Gasteiger partial charge in [-0.05, 0) is 24.1 Å². The highest BCUT2D eigenvalue weighted by Gasteiger charge is 2.08. The summed E-state index contributed by atoms with van der Waals surface area (Å²) in [4.78, 5) is 8.55. The Morgan fingerprint density at radius 2 is 2.00 bits per heavy atom. The lowest BCUT2D eigenvalue weighted by Crippen LogP contribution is -2.08. The molecule has 0 saturated heterocycles. The number of nitrogens with zero attached hydrogens (tertiary/aromatic N) is 2. The van der Waals surface area contributed by atoms with Crippen LogP contribution in [0.15, 0.2) is 35.1 Å². The third-order valence-electron chi connectivity index (χ3n) is 2.88. The first-order chi connectivity index (χ1) is 9.24. The number of benzene rings is 1.